The van der Waals surface area contributed by atoms with Crippen molar-refractivity contribution in [3.63, 3.8) is 0 Å². The minimum Gasteiger partial charge on any atom is -0.252 e. The normalized spacial score (nSPS) is 13.6. The fraction of sp³-hybridized carbons (Fsp3) is 0.600. The highest BCUT2D eigenvalue weighted by Crippen LogP contribution is 1.99. The third-order valence-corrected chi connectivity index (χ3v) is 1.30. The lowest BCUT2D eigenvalue weighted by atomic mass is 10.5. The van der Waals surface area contributed by atoms with Crippen LogP contribution >= 0.6 is 22.6 Å². The molecule has 0 N–H and O–H groups in total. The van der Waals surface area contributed by atoms with Crippen molar-refractivity contribution < 1.29 is 0 Å². The molecule has 0 aliphatic heterocycles. The van der Waals surface area contributed by atoms with Crippen molar-refractivity contribution in [2.75, 3.05) is 0 Å². The molecule has 0 aromatic carbocycles. The molecule has 0 radical (unpaired) electrons. The van der Waals surface area contributed by atoms with E-state index in [0.717, 1.165) is 6.54 Å². The highest BCUT2D eigenvalue weighted by molar-refractivity contribution is 14.1. The molecule has 0 bridgehead atoms. The van der Waals surface area contributed by atoms with E-state index in [4.69, 9.17) is 0 Å². The maximum atomic E-state index is 3.96. The molecule has 0 spiro atoms. The van der Waals surface area contributed by atoms with Crippen LogP contribution in [0.1, 0.15) is 6.92 Å². The molecule has 1 unspecified atom stereocenters. The van der Waals surface area contributed by atoms with Crippen molar-refractivity contribution >= 4 is 22.6 Å². The molecule has 1 rings (SSSR count). The molecule has 50 valence electrons. The Kier molecular flexibility index (Phi) is 2.44. The van der Waals surface area contributed by atoms with Gasteiger partial charge in [0.25, 0.3) is 0 Å². The molecule has 1 aromatic heterocycles. The first kappa shape index (κ1) is 6.98. The van der Waals surface area contributed by atoms with Crippen molar-refractivity contribution in [3.8, 4) is 0 Å². The smallest absolute Gasteiger partial charge is 0.137 e. The molecule has 1 heterocycles. The summed E-state index contributed by atoms with van der Waals surface area (Å²) in [5.74, 6) is 0. The van der Waals surface area contributed by atoms with E-state index in [9.17, 15) is 0 Å². The molecule has 3 nitrogen and oxygen atoms in total. The molecule has 0 fully saturated rings. The zero-order valence-corrected chi connectivity index (χ0v) is 7.32. The lowest BCUT2D eigenvalue weighted by Gasteiger charge is -1.99. The molecule has 0 amide bonds. The molecule has 0 aliphatic carbocycles. The predicted molar refractivity (Wildman–Crippen MR) is 43.5 cm³/mol. The van der Waals surface area contributed by atoms with Crippen molar-refractivity contribution in [2.45, 2.75) is 17.4 Å². The predicted octanol–water partition coefficient (Wildman–Crippen LogP) is 1.10. The summed E-state index contributed by atoms with van der Waals surface area (Å²) in [5.41, 5.74) is 0. The van der Waals surface area contributed by atoms with Gasteiger partial charge >= 0.3 is 0 Å². The minimum absolute atomic E-state index is 0.615. The van der Waals surface area contributed by atoms with Crippen molar-refractivity contribution in [3.05, 3.63) is 12.7 Å². The van der Waals surface area contributed by atoms with Gasteiger partial charge in [-0.25, -0.2) is 4.98 Å². The van der Waals surface area contributed by atoms with E-state index in [2.05, 4.69) is 39.6 Å². The summed E-state index contributed by atoms with van der Waals surface area (Å²) in [6, 6.07) is 0. The summed E-state index contributed by atoms with van der Waals surface area (Å²) in [4.78, 5) is 3.82. The van der Waals surface area contributed by atoms with Crippen LogP contribution < -0.4 is 0 Å². The molecule has 0 saturated carbocycles. The van der Waals surface area contributed by atoms with Gasteiger partial charge in [0.2, 0.25) is 0 Å². The van der Waals surface area contributed by atoms with Crippen LogP contribution in [-0.4, -0.2) is 18.7 Å². The second-order valence-corrected chi connectivity index (χ2v) is 4.02. The lowest BCUT2D eigenvalue weighted by molar-refractivity contribution is 0.621. The first-order valence-electron chi connectivity index (χ1n) is 2.75. The van der Waals surface area contributed by atoms with E-state index in [1.54, 1.807) is 12.7 Å². The van der Waals surface area contributed by atoms with E-state index in [0.29, 0.717) is 3.92 Å². The van der Waals surface area contributed by atoms with E-state index >= 15 is 0 Å². The Morgan fingerprint density at radius 2 is 2.56 bits per heavy atom. The van der Waals surface area contributed by atoms with Gasteiger partial charge in [-0.2, -0.15) is 5.10 Å². The monoisotopic (exact) mass is 237 g/mol. The molecular formula is C5H8IN3. The molecule has 4 heteroatoms. The van der Waals surface area contributed by atoms with Crippen LogP contribution in [0.25, 0.3) is 0 Å². The summed E-state index contributed by atoms with van der Waals surface area (Å²) < 4.78 is 2.45. The summed E-state index contributed by atoms with van der Waals surface area (Å²) in [7, 11) is 0. The van der Waals surface area contributed by atoms with Gasteiger partial charge in [0.1, 0.15) is 12.7 Å². The third-order valence-electron chi connectivity index (χ3n) is 0.905. The van der Waals surface area contributed by atoms with Crippen molar-refractivity contribution in [1.29, 1.82) is 0 Å². The molecule has 0 aliphatic rings. The van der Waals surface area contributed by atoms with Gasteiger partial charge in [-0.05, 0) is 0 Å². The van der Waals surface area contributed by atoms with Crippen LogP contribution in [0, 0.1) is 0 Å². The van der Waals surface area contributed by atoms with Gasteiger partial charge in [0, 0.05) is 3.92 Å². The zero-order valence-electron chi connectivity index (χ0n) is 5.16. The molecule has 0 saturated heterocycles. The molecule has 1 atom stereocenters. The Labute approximate surface area is 67.6 Å². The van der Waals surface area contributed by atoms with E-state index in [1.165, 1.54) is 0 Å². The summed E-state index contributed by atoms with van der Waals surface area (Å²) in [5, 5.41) is 3.96. The fourth-order valence-corrected chi connectivity index (χ4v) is 0.988. The number of alkyl halides is 1. The fourth-order valence-electron chi connectivity index (χ4n) is 0.585. The summed E-state index contributed by atoms with van der Waals surface area (Å²) in [6.45, 7) is 3.09. The van der Waals surface area contributed by atoms with E-state index in [-0.39, 0.29) is 0 Å². The molecule has 1 aromatic rings. The average molecular weight is 237 g/mol. The van der Waals surface area contributed by atoms with Crippen LogP contribution in [0.4, 0.5) is 0 Å². The third kappa shape index (κ3) is 2.30. The standard InChI is InChI=1S/C5H8IN3/c1-5(6)2-9-4-7-3-8-9/h3-5H,2H2,1H3. The van der Waals surface area contributed by atoms with Crippen LogP contribution in [0.5, 0.6) is 0 Å². The Hall–Kier alpha value is -0.130. The number of aromatic nitrogens is 3. The first-order chi connectivity index (χ1) is 4.29. The Morgan fingerprint density at radius 1 is 1.78 bits per heavy atom. The lowest BCUT2D eigenvalue weighted by Crippen LogP contribution is -2.05. The van der Waals surface area contributed by atoms with E-state index < -0.39 is 0 Å². The number of nitrogens with zero attached hydrogens (tertiary/aromatic N) is 3. The average Bonchev–Trinajstić information content (AvgIpc) is 2.15. The highest BCUT2D eigenvalue weighted by atomic mass is 127. The number of halogens is 1. The van der Waals surface area contributed by atoms with Crippen LogP contribution in [0.15, 0.2) is 12.7 Å². The first-order valence-corrected chi connectivity index (χ1v) is 4.00. The largest absolute Gasteiger partial charge is 0.252 e. The highest BCUT2D eigenvalue weighted by Gasteiger charge is 1.95. The van der Waals surface area contributed by atoms with Crippen LogP contribution in [0.2, 0.25) is 0 Å². The topological polar surface area (TPSA) is 30.7 Å². The summed E-state index contributed by atoms with van der Waals surface area (Å²) >= 11 is 2.35. The maximum absolute atomic E-state index is 3.96. The summed E-state index contributed by atoms with van der Waals surface area (Å²) in [6.07, 6.45) is 3.29. The van der Waals surface area contributed by atoms with Crippen LogP contribution in [-0.2, 0) is 6.54 Å². The van der Waals surface area contributed by atoms with Crippen molar-refractivity contribution in [1.82, 2.24) is 14.8 Å². The number of rotatable bonds is 2. The Morgan fingerprint density at radius 3 is 3.00 bits per heavy atom. The van der Waals surface area contributed by atoms with Gasteiger partial charge in [-0.1, -0.05) is 29.5 Å². The second-order valence-electron chi connectivity index (χ2n) is 1.90. The second kappa shape index (κ2) is 3.14. The maximum Gasteiger partial charge on any atom is 0.137 e. The zero-order chi connectivity index (χ0) is 6.69. The van der Waals surface area contributed by atoms with Crippen molar-refractivity contribution in [2.24, 2.45) is 0 Å². The minimum atomic E-state index is 0.615. The Balaban J connectivity index is 2.48. The quantitative estimate of drug-likeness (QED) is 0.569. The molecular weight excluding hydrogens is 229 g/mol. The van der Waals surface area contributed by atoms with E-state index in [1.807, 2.05) is 4.68 Å². The van der Waals surface area contributed by atoms with Gasteiger partial charge in [-0.3, -0.25) is 4.68 Å². The number of hydrogen-bond donors (Lipinski definition) is 0. The van der Waals surface area contributed by atoms with Gasteiger partial charge in [0.15, 0.2) is 0 Å². The number of hydrogen-bond acceptors (Lipinski definition) is 2. The van der Waals surface area contributed by atoms with Gasteiger partial charge < -0.3 is 0 Å². The van der Waals surface area contributed by atoms with Gasteiger partial charge in [-0.15, -0.1) is 0 Å². The molecule has 9 heavy (non-hydrogen) atoms. The Bertz CT molecular complexity index is 159. The van der Waals surface area contributed by atoms with Gasteiger partial charge in [0.05, 0.1) is 6.54 Å². The van der Waals surface area contributed by atoms with Crippen LogP contribution in [0.3, 0.4) is 0 Å². The SMILES string of the molecule is CC(I)Cn1cncn1.